The van der Waals surface area contributed by atoms with Gasteiger partial charge in [-0.1, -0.05) is 19.1 Å². The van der Waals surface area contributed by atoms with E-state index in [1.807, 2.05) is 6.07 Å². The second kappa shape index (κ2) is 4.34. The number of para-hydroxylation sites is 2. The van der Waals surface area contributed by atoms with Crippen molar-refractivity contribution in [2.45, 2.75) is 18.8 Å². The molecule has 1 unspecified atom stereocenters. The van der Waals surface area contributed by atoms with Crippen LogP contribution in [0.15, 0.2) is 30.6 Å². The third kappa shape index (κ3) is 2.40. The van der Waals surface area contributed by atoms with Crippen molar-refractivity contribution in [3.8, 4) is 0 Å². The van der Waals surface area contributed by atoms with Gasteiger partial charge in [0.2, 0.25) is 5.44 Å². The van der Waals surface area contributed by atoms with Crippen molar-refractivity contribution in [3.63, 3.8) is 0 Å². The summed E-state index contributed by atoms with van der Waals surface area (Å²) >= 11 is 0. The molecule has 0 saturated heterocycles. The van der Waals surface area contributed by atoms with Crippen LogP contribution in [0.3, 0.4) is 0 Å². The Hall–Kier alpha value is -1.60. The minimum atomic E-state index is -4.23. The molecule has 2 aromatic rings. The molecule has 0 aliphatic heterocycles. The van der Waals surface area contributed by atoms with Crippen molar-refractivity contribution in [1.29, 1.82) is 0 Å². The first-order valence-corrected chi connectivity index (χ1v) is 6.58. The van der Waals surface area contributed by atoms with E-state index < -0.39 is 15.6 Å². The number of imidazole rings is 1. The molecule has 7 heteroatoms. The van der Waals surface area contributed by atoms with E-state index in [2.05, 4.69) is 4.98 Å². The minimum absolute atomic E-state index is 0.144. The highest BCUT2D eigenvalue weighted by Crippen LogP contribution is 2.12. The molecule has 0 aliphatic rings. The van der Waals surface area contributed by atoms with Gasteiger partial charge in [0.15, 0.2) is 0 Å². The number of benzene rings is 1. The van der Waals surface area contributed by atoms with Gasteiger partial charge in [-0.25, -0.2) is 4.98 Å². The molecule has 1 aromatic carbocycles. The topological polar surface area (TPSA) is 81.4 Å². The summed E-state index contributed by atoms with van der Waals surface area (Å²) < 4.78 is 32.3. The highest BCUT2D eigenvalue weighted by atomic mass is 32.2. The van der Waals surface area contributed by atoms with E-state index in [0.717, 1.165) is 0 Å². The van der Waals surface area contributed by atoms with Crippen molar-refractivity contribution in [2.75, 3.05) is 0 Å². The van der Waals surface area contributed by atoms with Gasteiger partial charge in [0.05, 0.1) is 5.52 Å². The molecule has 1 atom stereocenters. The molecule has 1 heterocycles. The lowest BCUT2D eigenvalue weighted by molar-refractivity contribution is 0.0842. The highest BCUT2D eigenvalue weighted by Gasteiger charge is 2.24. The predicted octanol–water partition coefficient (Wildman–Crippen LogP) is 1.09. The molecular weight excluding hydrogens is 244 g/mol. The summed E-state index contributed by atoms with van der Waals surface area (Å²) in [6.45, 7) is 1.61. The molecule has 0 radical (unpaired) electrons. The molecule has 6 nitrogen and oxygen atoms in total. The minimum Gasteiger partial charge on any atom is -0.390 e. The van der Waals surface area contributed by atoms with E-state index in [4.69, 9.17) is 9.39 Å². The van der Waals surface area contributed by atoms with Gasteiger partial charge < -0.3 is 4.84 Å². The van der Waals surface area contributed by atoms with Crippen LogP contribution in [0.2, 0.25) is 0 Å². The fourth-order valence-corrected chi connectivity index (χ4v) is 2.11. The summed E-state index contributed by atoms with van der Waals surface area (Å²) in [6.07, 6.45) is 1.52. The Bertz CT molecular complexity index is 620. The Kier molecular flexibility index (Phi) is 3.03. The average molecular weight is 256 g/mol. The maximum Gasteiger partial charge on any atom is 0.306 e. The largest absolute Gasteiger partial charge is 0.390 e. The predicted molar refractivity (Wildman–Crippen MR) is 61.9 cm³/mol. The Labute approximate surface area is 98.5 Å². The molecule has 0 fully saturated rings. The summed E-state index contributed by atoms with van der Waals surface area (Å²) in [6, 6.07) is 7.14. The summed E-state index contributed by atoms with van der Waals surface area (Å²) in [5, 5.41) is 0. The monoisotopic (exact) mass is 256 g/mol. The normalized spacial score (nSPS) is 13.8. The Balaban J connectivity index is 2.35. The van der Waals surface area contributed by atoms with Gasteiger partial charge in [-0.05, 0) is 12.1 Å². The summed E-state index contributed by atoms with van der Waals surface area (Å²) in [4.78, 5) is 9.25. The van der Waals surface area contributed by atoms with Crippen molar-refractivity contribution in [3.05, 3.63) is 30.6 Å². The van der Waals surface area contributed by atoms with E-state index >= 15 is 0 Å². The van der Waals surface area contributed by atoms with Gasteiger partial charge in [-0.3, -0.25) is 4.55 Å². The average Bonchev–Trinajstić information content (AvgIpc) is 2.67. The van der Waals surface area contributed by atoms with Crippen LogP contribution < -0.4 is 4.84 Å². The van der Waals surface area contributed by atoms with Gasteiger partial charge in [0.25, 0.3) is 0 Å². The molecule has 0 bridgehead atoms. The molecule has 0 saturated carbocycles. The van der Waals surface area contributed by atoms with Crippen molar-refractivity contribution in [2.24, 2.45) is 0 Å². The lowest BCUT2D eigenvalue weighted by Crippen LogP contribution is -2.31. The molecular formula is C10H12N2O4S. The van der Waals surface area contributed by atoms with Crippen LogP contribution in [-0.2, 0) is 10.1 Å². The molecule has 17 heavy (non-hydrogen) atoms. The third-order valence-electron chi connectivity index (χ3n) is 2.32. The fourth-order valence-electron chi connectivity index (χ4n) is 1.49. The highest BCUT2D eigenvalue weighted by molar-refractivity contribution is 7.86. The zero-order chi connectivity index (χ0) is 12.5. The van der Waals surface area contributed by atoms with Crippen LogP contribution in [0.4, 0.5) is 0 Å². The van der Waals surface area contributed by atoms with Gasteiger partial charge in [-0.2, -0.15) is 13.1 Å². The third-order valence-corrected chi connectivity index (χ3v) is 3.40. The van der Waals surface area contributed by atoms with Crippen molar-refractivity contribution < 1.29 is 17.8 Å². The zero-order valence-corrected chi connectivity index (χ0v) is 9.96. The van der Waals surface area contributed by atoms with E-state index in [1.54, 1.807) is 25.1 Å². The standard InChI is InChI=1S/C10H12N2O4S/c1-2-10(17(13,14)15)16-12-7-11-8-5-3-4-6-9(8)12/h3-7,10H,2H2,1H3,(H,13,14,15). The van der Waals surface area contributed by atoms with E-state index in [9.17, 15) is 8.42 Å². The number of hydrogen-bond donors (Lipinski definition) is 1. The molecule has 0 spiro atoms. The molecule has 1 aromatic heterocycles. The Morgan fingerprint density at radius 1 is 1.47 bits per heavy atom. The Morgan fingerprint density at radius 3 is 2.82 bits per heavy atom. The fraction of sp³-hybridized carbons (Fsp3) is 0.300. The van der Waals surface area contributed by atoms with Crippen LogP contribution in [0.25, 0.3) is 11.0 Å². The lowest BCUT2D eigenvalue weighted by atomic mass is 10.3. The first kappa shape index (κ1) is 11.9. The first-order valence-electron chi connectivity index (χ1n) is 5.08. The summed E-state index contributed by atoms with van der Waals surface area (Å²) in [5.41, 5.74) is 0.0485. The smallest absolute Gasteiger partial charge is 0.306 e. The van der Waals surface area contributed by atoms with Gasteiger partial charge in [0.1, 0.15) is 11.8 Å². The summed E-state index contributed by atoms with van der Waals surface area (Å²) in [5.74, 6) is 0. The van der Waals surface area contributed by atoms with E-state index in [-0.39, 0.29) is 6.42 Å². The number of aromatic nitrogens is 2. The van der Waals surface area contributed by atoms with Crippen LogP contribution >= 0.6 is 0 Å². The first-order chi connectivity index (χ1) is 8.02. The molecule has 2 rings (SSSR count). The lowest BCUT2D eigenvalue weighted by Gasteiger charge is -2.14. The van der Waals surface area contributed by atoms with Gasteiger partial charge in [-0.15, -0.1) is 0 Å². The van der Waals surface area contributed by atoms with Crippen molar-refractivity contribution >= 4 is 21.2 Å². The quantitative estimate of drug-likeness (QED) is 0.828. The SMILES string of the molecule is CCC(On1cnc2ccccc21)S(=O)(=O)O. The van der Waals surface area contributed by atoms with Crippen LogP contribution in [0.5, 0.6) is 0 Å². The number of rotatable bonds is 4. The maximum absolute atomic E-state index is 11.0. The molecule has 0 amide bonds. The van der Waals surface area contributed by atoms with Gasteiger partial charge in [0, 0.05) is 6.42 Å². The molecule has 0 aliphatic carbocycles. The molecule has 1 N–H and O–H groups in total. The number of hydrogen-bond acceptors (Lipinski definition) is 4. The van der Waals surface area contributed by atoms with E-state index in [1.165, 1.54) is 11.1 Å². The van der Waals surface area contributed by atoms with Gasteiger partial charge >= 0.3 is 10.1 Å². The van der Waals surface area contributed by atoms with E-state index in [0.29, 0.717) is 11.0 Å². The Morgan fingerprint density at radius 2 is 2.18 bits per heavy atom. The molecule has 92 valence electrons. The second-order valence-electron chi connectivity index (χ2n) is 3.52. The summed E-state index contributed by atoms with van der Waals surface area (Å²) in [7, 11) is -4.23. The van der Waals surface area contributed by atoms with Crippen LogP contribution in [0.1, 0.15) is 13.3 Å². The maximum atomic E-state index is 11.0. The zero-order valence-electron chi connectivity index (χ0n) is 9.15. The van der Waals surface area contributed by atoms with Crippen LogP contribution in [-0.4, -0.2) is 28.1 Å². The number of fused-ring (bicyclic) bond motifs is 1. The number of nitrogens with zero attached hydrogens (tertiary/aromatic N) is 2. The second-order valence-corrected chi connectivity index (χ2v) is 5.07. The van der Waals surface area contributed by atoms with Crippen LogP contribution in [0, 0.1) is 0 Å². The van der Waals surface area contributed by atoms with Crippen molar-refractivity contribution in [1.82, 2.24) is 9.71 Å².